The van der Waals surface area contributed by atoms with E-state index < -0.39 is 0 Å². The van der Waals surface area contributed by atoms with Gasteiger partial charge in [0.2, 0.25) is 5.95 Å². The monoisotopic (exact) mass is 320 g/mol. The average molecular weight is 320 g/mol. The number of carbonyl (C=O) groups is 1. The molecule has 1 saturated carbocycles. The molecule has 0 spiro atoms. The number of nitrogens with zero attached hydrogens (tertiary/aromatic N) is 2. The highest BCUT2D eigenvalue weighted by molar-refractivity contribution is 5.92. The van der Waals surface area contributed by atoms with E-state index in [9.17, 15) is 4.79 Å². The molecule has 0 saturated heterocycles. The number of ether oxygens (including phenoxy) is 1. The van der Waals surface area contributed by atoms with Crippen molar-refractivity contribution in [2.75, 3.05) is 25.6 Å². The van der Waals surface area contributed by atoms with E-state index in [2.05, 4.69) is 20.6 Å². The van der Waals surface area contributed by atoms with E-state index in [1.165, 1.54) is 25.7 Å². The highest BCUT2D eigenvalue weighted by Crippen LogP contribution is 2.20. The Morgan fingerprint density at radius 1 is 1.26 bits per heavy atom. The Kier molecular flexibility index (Phi) is 7.26. The zero-order chi connectivity index (χ0) is 16.5. The van der Waals surface area contributed by atoms with E-state index in [0.717, 1.165) is 25.0 Å². The van der Waals surface area contributed by atoms with Crippen molar-refractivity contribution in [3.05, 3.63) is 17.5 Å². The molecule has 1 aromatic heterocycles. The number of carbonyl (C=O) groups excluding carboxylic acids is 1. The molecule has 6 heteroatoms. The number of hydrogen-bond acceptors (Lipinski definition) is 5. The summed E-state index contributed by atoms with van der Waals surface area (Å²) in [5.74, 6) is 0.412. The summed E-state index contributed by atoms with van der Waals surface area (Å²) in [6, 6.07) is 2.14. The SMILES string of the molecule is COCCCNC(=O)c1cc(C)nc(NC2CCCCCC2)n1. The fourth-order valence-corrected chi connectivity index (χ4v) is 2.86. The van der Waals surface area contributed by atoms with Crippen LogP contribution in [0.15, 0.2) is 6.07 Å². The van der Waals surface area contributed by atoms with E-state index in [1.807, 2.05) is 6.92 Å². The predicted molar refractivity (Wildman–Crippen MR) is 90.7 cm³/mol. The lowest BCUT2D eigenvalue weighted by atomic mass is 10.1. The highest BCUT2D eigenvalue weighted by Gasteiger charge is 2.15. The summed E-state index contributed by atoms with van der Waals surface area (Å²) >= 11 is 0. The highest BCUT2D eigenvalue weighted by atomic mass is 16.5. The van der Waals surface area contributed by atoms with Crippen molar-refractivity contribution in [2.45, 2.75) is 57.9 Å². The number of hydrogen-bond donors (Lipinski definition) is 2. The van der Waals surface area contributed by atoms with Crippen LogP contribution >= 0.6 is 0 Å². The smallest absolute Gasteiger partial charge is 0.270 e. The van der Waals surface area contributed by atoms with Gasteiger partial charge < -0.3 is 15.4 Å². The number of anilines is 1. The second-order valence-electron chi connectivity index (χ2n) is 6.15. The minimum Gasteiger partial charge on any atom is -0.385 e. The van der Waals surface area contributed by atoms with Crippen molar-refractivity contribution in [3.8, 4) is 0 Å². The number of nitrogens with one attached hydrogen (secondary N) is 2. The first-order valence-corrected chi connectivity index (χ1v) is 8.58. The normalized spacial score (nSPS) is 15.9. The van der Waals surface area contributed by atoms with Gasteiger partial charge in [-0.15, -0.1) is 0 Å². The molecule has 2 rings (SSSR count). The summed E-state index contributed by atoms with van der Waals surface area (Å²) in [7, 11) is 1.65. The number of methoxy groups -OCH3 is 1. The topological polar surface area (TPSA) is 76.1 Å². The average Bonchev–Trinajstić information content (AvgIpc) is 2.79. The van der Waals surface area contributed by atoms with Gasteiger partial charge in [0.1, 0.15) is 5.69 Å². The molecule has 1 heterocycles. The summed E-state index contributed by atoms with van der Waals surface area (Å²) in [5.41, 5.74) is 1.23. The molecular formula is C17H28N4O2. The molecule has 1 aliphatic rings. The Balaban J connectivity index is 1.95. The van der Waals surface area contributed by atoms with Gasteiger partial charge in [0.05, 0.1) is 0 Å². The first-order chi connectivity index (χ1) is 11.2. The molecule has 6 nitrogen and oxygen atoms in total. The second-order valence-corrected chi connectivity index (χ2v) is 6.15. The van der Waals surface area contributed by atoms with Crippen molar-refractivity contribution in [2.24, 2.45) is 0 Å². The minimum atomic E-state index is -0.157. The zero-order valence-corrected chi connectivity index (χ0v) is 14.2. The molecular weight excluding hydrogens is 292 g/mol. The summed E-state index contributed by atoms with van der Waals surface area (Å²) in [6.45, 7) is 3.11. The predicted octanol–water partition coefficient (Wildman–Crippen LogP) is 2.69. The Morgan fingerprint density at radius 3 is 2.70 bits per heavy atom. The van der Waals surface area contributed by atoms with E-state index >= 15 is 0 Å². The molecule has 0 unspecified atom stereocenters. The Hall–Kier alpha value is -1.69. The molecule has 0 bridgehead atoms. The molecule has 2 N–H and O–H groups in total. The van der Waals surface area contributed by atoms with Crippen LogP contribution in [0.3, 0.4) is 0 Å². The van der Waals surface area contributed by atoms with E-state index in [4.69, 9.17) is 4.74 Å². The van der Waals surface area contributed by atoms with Crippen LogP contribution in [0.25, 0.3) is 0 Å². The number of amides is 1. The first-order valence-electron chi connectivity index (χ1n) is 8.58. The van der Waals surface area contributed by atoms with Crippen LogP contribution in [0.4, 0.5) is 5.95 Å². The van der Waals surface area contributed by atoms with Gasteiger partial charge in [0, 0.05) is 32.0 Å². The van der Waals surface area contributed by atoms with E-state index in [1.54, 1.807) is 13.2 Å². The summed E-state index contributed by atoms with van der Waals surface area (Å²) in [5, 5.41) is 6.28. The van der Waals surface area contributed by atoms with Gasteiger partial charge in [-0.3, -0.25) is 4.79 Å². The summed E-state index contributed by atoms with van der Waals surface area (Å²) < 4.78 is 4.98. The maximum atomic E-state index is 12.2. The van der Waals surface area contributed by atoms with Crippen LogP contribution in [-0.4, -0.2) is 42.2 Å². The Labute approximate surface area is 138 Å². The number of aryl methyl sites for hydroxylation is 1. The van der Waals surface area contributed by atoms with Crippen LogP contribution in [0.1, 0.15) is 61.1 Å². The third kappa shape index (κ3) is 6.14. The molecule has 128 valence electrons. The Morgan fingerprint density at radius 2 is 2.00 bits per heavy atom. The molecule has 1 aromatic rings. The maximum absolute atomic E-state index is 12.2. The van der Waals surface area contributed by atoms with Crippen molar-refractivity contribution in [1.29, 1.82) is 0 Å². The Bertz CT molecular complexity index is 499. The lowest BCUT2D eigenvalue weighted by molar-refractivity contribution is 0.0943. The van der Waals surface area contributed by atoms with Gasteiger partial charge >= 0.3 is 0 Å². The molecule has 23 heavy (non-hydrogen) atoms. The summed E-state index contributed by atoms with van der Waals surface area (Å²) in [6.07, 6.45) is 8.20. The quantitative estimate of drug-likeness (QED) is 0.597. The van der Waals surface area contributed by atoms with E-state index in [-0.39, 0.29) is 5.91 Å². The van der Waals surface area contributed by atoms with Crippen LogP contribution in [0.5, 0.6) is 0 Å². The molecule has 1 fully saturated rings. The van der Waals surface area contributed by atoms with Gasteiger partial charge in [-0.1, -0.05) is 25.7 Å². The van der Waals surface area contributed by atoms with Crippen LogP contribution in [-0.2, 0) is 4.74 Å². The van der Waals surface area contributed by atoms with Gasteiger partial charge in [-0.2, -0.15) is 0 Å². The number of rotatable bonds is 7. The molecule has 0 atom stereocenters. The van der Waals surface area contributed by atoms with Crippen LogP contribution < -0.4 is 10.6 Å². The van der Waals surface area contributed by atoms with Crippen LogP contribution in [0.2, 0.25) is 0 Å². The third-order valence-corrected chi connectivity index (χ3v) is 4.09. The van der Waals surface area contributed by atoms with E-state index in [0.29, 0.717) is 30.8 Å². The molecule has 0 aromatic carbocycles. The molecule has 0 radical (unpaired) electrons. The largest absolute Gasteiger partial charge is 0.385 e. The van der Waals surface area contributed by atoms with Gasteiger partial charge in [-0.25, -0.2) is 9.97 Å². The fraction of sp³-hybridized carbons (Fsp3) is 0.706. The summed E-state index contributed by atoms with van der Waals surface area (Å²) in [4.78, 5) is 21.0. The number of aromatic nitrogens is 2. The fourth-order valence-electron chi connectivity index (χ4n) is 2.86. The minimum absolute atomic E-state index is 0.157. The van der Waals surface area contributed by atoms with Crippen molar-refractivity contribution >= 4 is 11.9 Å². The maximum Gasteiger partial charge on any atom is 0.270 e. The third-order valence-electron chi connectivity index (χ3n) is 4.09. The standard InChI is InChI=1S/C17H28N4O2/c1-13-12-15(16(22)18-10-7-11-23-2)21-17(19-13)20-14-8-5-3-4-6-9-14/h12,14H,3-11H2,1-2H3,(H,18,22)(H,19,20,21). The zero-order valence-electron chi connectivity index (χ0n) is 14.2. The van der Waals surface area contributed by atoms with Gasteiger partial charge in [0.15, 0.2) is 0 Å². The van der Waals surface area contributed by atoms with Crippen molar-refractivity contribution < 1.29 is 9.53 Å². The van der Waals surface area contributed by atoms with Crippen molar-refractivity contribution in [1.82, 2.24) is 15.3 Å². The van der Waals surface area contributed by atoms with Crippen molar-refractivity contribution in [3.63, 3.8) is 0 Å². The first kappa shape index (κ1) is 17.7. The molecule has 1 amide bonds. The lowest BCUT2D eigenvalue weighted by Gasteiger charge is -2.17. The second kappa shape index (κ2) is 9.45. The molecule has 0 aliphatic heterocycles. The molecule has 1 aliphatic carbocycles. The van der Waals surface area contributed by atoms with Gasteiger partial charge in [-0.05, 0) is 32.3 Å². The lowest BCUT2D eigenvalue weighted by Crippen LogP contribution is -2.27. The van der Waals surface area contributed by atoms with Gasteiger partial charge in [0.25, 0.3) is 5.91 Å². The van der Waals surface area contributed by atoms with Crippen LogP contribution in [0, 0.1) is 6.92 Å².